The van der Waals surface area contributed by atoms with Gasteiger partial charge in [-0.3, -0.25) is 0 Å². The van der Waals surface area contributed by atoms with Crippen LogP contribution in [0.25, 0.3) is 0 Å². The normalized spacial score (nSPS) is 9.44. The van der Waals surface area contributed by atoms with E-state index in [0.717, 1.165) is 17.1 Å². The maximum atomic E-state index is 8.49. The summed E-state index contributed by atoms with van der Waals surface area (Å²) in [6, 6.07) is 19.0. The van der Waals surface area contributed by atoms with Crippen LogP contribution >= 0.6 is 0 Å². The molecule has 0 aromatic heterocycles. The zero-order valence-electron chi connectivity index (χ0n) is 8.63. The Kier molecular flexibility index (Phi) is 3.20. The van der Waals surface area contributed by atoms with Crippen molar-refractivity contribution in [3.63, 3.8) is 0 Å². The monoisotopic (exact) mass is 208 g/mol. The van der Waals surface area contributed by atoms with E-state index in [2.05, 4.69) is 0 Å². The zero-order chi connectivity index (χ0) is 11.2. The van der Waals surface area contributed by atoms with Crippen molar-refractivity contribution in [2.24, 2.45) is 0 Å². The van der Waals surface area contributed by atoms with E-state index in [9.17, 15) is 0 Å². The Morgan fingerprint density at radius 3 is 2.12 bits per heavy atom. The van der Waals surface area contributed by atoms with Crippen LogP contribution in [0.1, 0.15) is 5.56 Å². The maximum absolute atomic E-state index is 8.49. The summed E-state index contributed by atoms with van der Waals surface area (Å²) in [6.45, 7) is 0. The van der Waals surface area contributed by atoms with Crippen molar-refractivity contribution in [2.45, 2.75) is 0 Å². The molecule has 0 unspecified atom stereocenters. The summed E-state index contributed by atoms with van der Waals surface area (Å²) in [7, 11) is 0. The second kappa shape index (κ2) is 4.99. The number of nitriles is 1. The molecule has 2 nitrogen and oxygen atoms in total. The van der Waals surface area contributed by atoms with Crippen molar-refractivity contribution < 1.29 is 4.74 Å². The largest absolute Gasteiger partial charge is 0.457 e. The van der Waals surface area contributed by atoms with Crippen molar-refractivity contribution in [1.29, 1.82) is 5.26 Å². The molecular weight excluding hydrogens is 198 g/mol. The number of nitrogens with zero attached hydrogens (tertiary/aromatic N) is 1. The highest BCUT2D eigenvalue weighted by molar-refractivity contribution is 5.37. The first-order valence-corrected chi connectivity index (χ1v) is 4.94. The van der Waals surface area contributed by atoms with E-state index >= 15 is 0 Å². The van der Waals surface area contributed by atoms with Crippen LogP contribution in [0.4, 0.5) is 0 Å². The van der Waals surface area contributed by atoms with Gasteiger partial charge < -0.3 is 4.74 Å². The summed E-state index contributed by atoms with van der Waals surface area (Å²) in [4.78, 5) is 0. The number of hydrogen-bond donors (Lipinski definition) is 0. The molecule has 0 aliphatic carbocycles. The topological polar surface area (TPSA) is 33.0 Å². The van der Waals surface area contributed by atoms with Gasteiger partial charge in [0.1, 0.15) is 11.5 Å². The van der Waals surface area contributed by atoms with E-state index in [1.165, 1.54) is 6.42 Å². The molecule has 77 valence electrons. The predicted molar refractivity (Wildman–Crippen MR) is 62.0 cm³/mol. The highest BCUT2D eigenvalue weighted by Crippen LogP contribution is 2.21. The van der Waals surface area contributed by atoms with Crippen LogP contribution in [0.15, 0.2) is 54.6 Å². The third-order valence-corrected chi connectivity index (χ3v) is 2.09. The van der Waals surface area contributed by atoms with Crippen molar-refractivity contribution >= 4 is 0 Å². The summed E-state index contributed by atoms with van der Waals surface area (Å²) in [5, 5.41) is 8.49. The summed E-state index contributed by atoms with van der Waals surface area (Å²) in [5.41, 5.74) is 0.878. The molecule has 0 fully saturated rings. The average molecular weight is 208 g/mol. The molecule has 0 aliphatic heterocycles. The lowest BCUT2D eigenvalue weighted by Gasteiger charge is -2.05. The van der Waals surface area contributed by atoms with Crippen LogP contribution in [0.5, 0.6) is 11.5 Å². The molecule has 2 aromatic rings. The molecule has 0 atom stereocenters. The van der Waals surface area contributed by atoms with E-state index in [1.807, 2.05) is 60.7 Å². The molecule has 0 amide bonds. The van der Waals surface area contributed by atoms with Gasteiger partial charge in [0.25, 0.3) is 0 Å². The van der Waals surface area contributed by atoms with Crippen molar-refractivity contribution in [3.8, 4) is 17.6 Å². The fraction of sp³-hybridized carbons (Fsp3) is 0. The molecule has 0 bridgehead atoms. The van der Waals surface area contributed by atoms with Crippen LogP contribution in [-0.2, 0) is 0 Å². The first kappa shape index (κ1) is 10.3. The summed E-state index contributed by atoms with van der Waals surface area (Å²) in [6.07, 6.45) is 1.49. The molecular formula is C14H10NO. The molecule has 1 radical (unpaired) electrons. The minimum atomic E-state index is 0.765. The van der Waals surface area contributed by atoms with E-state index in [4.69, 9.17) is 10.00 Å². The second-order valence-electron chi connectivity index (χ2n) is 3.26. The molecule has 0 aliphatic rings. The van der Waals surface area contributed by atoms with Crippen molar-refractivity contribution in [1.82, 2.24) is 0 Å². The second-order valence-corrected chi connectivity index (χ2v) is 3.26. The number of benzene rings is 2. The lowest BCUT2D eigenvalue weighted by molar-refractivity contribution is 0.482. The van der Waals surface area contributed by atoms with Crippen LogP contribution in [0, 0.1) is 17.8 Å². The fourth-order valence-electron chi connectivity index (χ4n) is 1.33. The Morgan fingerprint density at radius 2 is 1.50 bits per heavy atom. The lowest BCUT2D eigenvalue weighted by Crippen LogP contribution is -1.84. The Morgan fingerprint density at radius 1 is 0.875 bits per heavy atom. The zero-order valence-corrected chi connectivity index (χ0v) is 8.63. The van der Waals surface area contributed by atoms with Gasteiger partial charge in [0.05, 0.1) is 12.5 Å². The van der Waals surface area contributed by atoms with Gasteiger partial charge in [0, 0.05) is 0 Å². The average Bonchev–Trinajstić information content (AvgIpc) is 2.33. The van der Waals surface area contributed by atoms with Gasteiger partial charge in [0.2, 0.25) is 0 Å². The predicted octanol–water partition coefficient (Wildman–Crippen LogP) is 3.55. The van der Waals surface area contributed by atoms with Gasteiger partial charge in [-0.2, -0.15) is 5.26 Å². The quantitative estimate of drug-likeness (QED) is 0.772. The highest BCUT2D eigenvalue weighted by atomic mass is 16.5. The SMILES string of the molecule is N#C[CH]c1ccc(Oc2ccccc2)cc1. The van der Waals surface area contributed by atoms with Gasteiger partial charge in [-0.1, -0.05) is 30.3 Å². The molecule has 2 aromatic carbocycles. The molecule has 0 saturated carbocycles. The van der Waals surface area contributed by atoms with Crippen molar-refractivity contribution in [2.75, 3.05) is 0 Å². The van der Waals surface area contributed by atoms with Gasteiger partial charge in [-0.05, 0) is 29.8 Å². The number of ether oxygens (including phenoxy) is 1. The van der Waals surface area contributed by atoms with Gasteiger partial charge in [-0.15, -0.1) is 0 Å². The minimum Gasteiger partial charge on any atom is -0.457 e. The Bertz CT molecular complexity index is 482. The van der Waals surface area contributed by atoms with Gasteiger partial charge >= 0.3 is 0 Å². The standard InChI is InChI=1S/C14H10NO/c15-11-10-12-6-8-14(9-7-12)16-13-4-2-1-3-5-13/h1-10H. The van der Waals surface area contributed by atoms with E-state index < -0.39 is 0 Å². The third kappa shape index (κ3) is 2.61. The molecule has 0 spiro atoms. The smallest absolute Gasteiger partial charge is 0.127 e. The van der Waals surface area contributed by atoms with Crippen LogP contribution in [0.3, 0.4) is 0 Å². The number of hydrogen-bond acceptors (Lipinski definition) is 2. The molecule has 2 heteroatoms. The summed E-state index contributed by atoms with van der Waals surface area (Å²) < 4.78 is 5.61. The van der Waals surface area contributed by atoms with E-state index in [-0.39, 0.29) is 0 Å². The number of para-hydroxylation sites is 1. The lowest BCUT2D eigenvalue weighted by atomic mass is 10.2. The highest BCUT2D eigenvalue weighted by Gasteiger charge is 1.97. The van der Waals surface area contributed by atoms with E-state index in [1.54, 1.807) is 0 Å². The maximum Gasteiger partial charge on any atom is 0.127 e. The molecule has 0 N–H and O–H groups in total. The molecule has 0 heterocycles. The Hall–Kier alpha value is -2.27. The first-order valence-electron chi connectivity index (χ1n) is 4.94. The van der Waals surface area contributed by atoms with Crippen LogP contribution < -0.4 is 4.74 Å². The Labute approximate surface area is 94.7 Å². The molecule has 2 rings (SSSR count). The first-order chi connectivity index (χ1) is 7.88. The fourth-order valence-corrected chi connectivity index (χ4v) is 1.33. The summed E-state index contributed by atoms with van der Waals surface area (Å²) in [5.74, 6) is 1.57. The van der Waals surface area contributed by atoms with Crippen LogP contribution in [0.2, 0.25) is 0 Å². The van der Waals surface area contributed by atoms with Gasteiger partial charge in [0.15, 0.2) is 0 Å². The summed E-state index contributed by atoms with van der Waals surface area (Å²) >= 11 is 0. The van der Waals surface area contributed by atoms with E-state index in [0.29, 0.717) is 0 Å². The van der Waals surface area contributed by atoms with Crippen LogP contribution in [-0.4, -0.2) is 0 Å². The molecule has 0 saturated heterocycles. The van der Waals surface area contributed by atoms with Gasteiger partial charge in [-0.25, -0.2) is 0 Å². The third-order valence-electron chi connectivity index (χ3n) is 2.09. The molecule has 16 heavy (non-hydrogen) atoms. The Balaban J connectivity index is 2.09. The minimum absolute atomic E-state index is 0.765. The number of rotatable bonds is 3. The van der Waals surface area contributed by atoms with Crippen molar-refractivity contribution in [3.05, 3.63) is 66.6 Å².